The Morgan fingerprint density at radius 2 is 1.28 bits per heavy atom. The van der Waals surface area contributed by atoms with Crippen molar-refractivity contribution >= 4 is 5.78 Å². The standard InChI is InChI=1S/C26H37NO2/c1-19(2)23(24(28)20(3)25(29)26(4,5)6)27(17-21-13-9-7-10-14-21)18-22-15-11-8-12-16-22/h7-16,19-20,23,25,29H,17-18H2,1-6H3/t20-,23-,25+/m0/s1. The molecule has 0 aliphatic rings. The number of ketones is 1. The lowest BCUT2D eigenvalue weighted by Gasteiger charge is -2.38. The summed E-state index contributed by atoms with van der Waals surface area (Å²) >= 11 is 0. The van der Waals surface area contributed by atoms with Gasteiger partial charge < -0.3 is 5.11 Å². The molecule has 3 heteroatoms. The van der Waals surface area contributed by atoms with Crippen molar-refractivity contribution in [1.29, 1.82) is 0 Å². The first kappa shape index (κ1) is 23.3. The number of nitrogens with zero attached hydrogens (tertiary/aromatic N) is 1. The van der Waals surface area contributed by atoms with E-state index in [9.17, 15) is 9.90 Å². The lowest BCUT2D eigenvalue weighted by molar-refractivity contribution is -0.136. The number of rotatable bonds is 9. The first-order valence-electron chi connectivity index (χ1n) is 10.6. The molecule has 0 unspecified atom stereocenters. The molecule has 0 bridgehead atoms. The second kappa shape index (κ2) is 10.2. The molecule has 0 saturated carbocycles. The van der Waals surface area contributed by atoms with E-state index in [2.05, 4.69) is 43.0 Å². The summed E-state index contributed by atoms with van der Waals surface area (Å²) < 4.78 is 0. The molecule has 0 aliphatic heterocycles. The summed E-state index contributed by atoms with van der Waals surface area (Å²) in [4.78, 5) is 15.9. The van der Waals surface area contributed by atoms with E-state index >= 15 is 0 Å². The summed E-state index contributed by atoms with van der Waals surface area (Å²) in [5.41, 5.74) is 2.04. The van der Waals surface area contributed by atoms with Crippen LogP contribution in [0.1, 0.15) is 52.7 Å². The minimum absolute atomic E-state index is 0.120. The van der Waals surface area contributed by atoms with Gasteiger partial charge in [0.05, 0.1) is 12.1 Å². The van der Waals surface area contributed by atoms with Crippen molar-refractivity contribution in [3.8, 4) is 0 Å². The summed E-state index contributed by atoms with van der Waals surface area (Å²) in [5, 5.41) is 10.8. The topological polar surface area (TPSA) is 40.5 Å². The van der Waals surface area contributed by atoms with Crippen LogP contribution in [0.5, 0.6) is 0 Å². The van der Waals surface area contributed by atoms with E-state index in [4.69, 9.17) is 0 Å². The molecule has 0 amide bonds. The quantitative estimate of drug-likeness (QED) is 0.624. The van der Waals surface area contributed by atoms with Crippen molar-refractivity contribution in [2.45, 2.75) is 66.8 Å². The maximum atomic E-state index is 13.6. The smallest absolute Gasteiger partial charge is 0.155 e. The Balaban J connectivity index is 2.35. The lowest BCUT2D eigenvalue weighted by atomic mass is 9.77. The minimum atomic E-state index is -0.674. The van der Waals surface area contributed by atoms with E-state index in [0.29, 0.717) is 13.1 Å². The number of hydrogen-bond acceptors (Lipinski definition) is 3. The zero-order chi connectivity index (χ0) is 21.6. The van der Waals surface area contributed by atoms with E-state index in [1.54, 1.807) is 0 Å². The summed E-state index contributed by atoms with van der Waals surface area (Å²) in [7, 11) is 0. The average Bonchev–Trinajstić information content (AvgIpc) is 2.67. The third kappa shape index (κ3) is 6.52. The SMILES string of the molecule is CC(C)[C@@H](C(=O)[C@H](C)[C@@H](O)C(C)(C)C)N(Cc1ccccc1)Cc1ccccc1. The highest BCUT2D eigenvalue weighted by Crippen LogP contribution is 2.29. The largest absolute Gasteiger partial charge is 0.392 e. The molecule has 2 aromatic rings. The van der Waals surface area contributed by atoms with E-state index in [0.717, 1.165) is 0 Å². The van der Waals surface area contributed by atoms with Gasteiger partial charge in [0.25, 0.3) is 0 Å². The summed E-state index contributed by atoms with van der Waals surface area (Å²) in [6.07, 6.45) is -0.674. The zero-order valence-electron chi connectivity index (χ0n) is 18.8. The highest BCUT2D eigenvalue weighted by Gasteiger charge is 2.38. The fourth-order valence-electron chi connectivity index (χ4n) is 3.99. The summed E-state index contributed by atoms with van der Waals surface area (Å²) in [6, 6.07) is 20.3. The molecule has 0 fully saturated rings. The third-order valence-electron chi connectivity index (χ3n) is 5.58. The van der Waals surface area contributed by atoms with Crippen molar-refractivity contribution in [1.82, 2.24) is 4.90 Å². The lowest BCUT2D eigenvalue weighted by Crippen LogP contribution is -2.49. The van der Waals surface area contributed by atoms with Crippen molar-refractivity contribution in [3.05, 3.63) is 71.8 Å². The molecule has 3 atom stereocenters. The van der Waals surface area contributed by atoms with Gasteiger partial charge in [0.1, 0.15) is 0 Å². The van der Waals surface area contributed by atoms with Crippen LogP contribution in [0, 0.1) is 17.3 Å². The molecule has 29 heavy (non-hydrogen) atoms. The second-order valence-electron chi connectivity index (χ2n) is 9.57. The number of hydrogen-bond donors (Lipinski definition) is 1. The molecular weight excluding hydrogens is 358 g/mol. The van der Waals surface area contributed by atoms with Gasteiger partial charge >= 0.3 is 0 Å². The van der Waals surface area contributed by atoms with Crippen molar-refractivity contribution in [2.24, 2.45) is 17.3 Å². The Hall–Kier alpha value is -1.97. The Labute approximate surface area is 176 Å². The molecule has 1 N–H and O–H groups in total. The van der Waals surface area contributed by atoms with E-state index < -0.39 is 12.0 Å². The van der Waals surface area contributed by atoms with Crippen LogP contribution in [0.25, 0.3) is 0 Å². The maximum Gasteiger partial charge on any atom is 0.155 e. The number of aliphatic hydroxyl groups is 1. The van der Waals surface area contributed by atoms with Crippen LogP contribution >= 0.6 is 0 Å². The maximum absolute atomic E-state index is 13.6. The first-order valence-corrected chi connectivity index (χ1v) is 10.6. The Bertz CT molecular complexity index is 708. The molecule has 0 aromatic heterocycles. The average molecular weight is 396 g/mol. The van der Waals surface area contributed by atoms with Gasteiger partial charge in [-0.3, -0.25) is 9.69 Å². The van der Waals surface area contributed by atoms with Gasteiger partial charge in [0.2, 0.25) is 0 Å². The molecule has 0 radical (unpaired) electrons. The predicted molar refractivity (Wildman–Crippen MR) is 120 cm³/mol. The van der Waals surface area contributed by atoms with Gasteiger partial charge in [-0.15, -0.1) is 0 Å². The van der Waals surface area contributed by atoms with Gasteiger partial charge in [0, 0.05) is 19.0 Å². The fraction of sp³-hybridized carbons (Fsp3) is 0.500. The Morgan fingerprint density at radius 1 is 0.862 bits per heavy atom. The number of aliphatic hydroxyl groups excluding tert-OH is 1. The Morgan fingerprint density at radius 3 is 1.62 bits per heavy atom. The van der Waals surface area contributed by atoms with Crippen molar-refractivity contribution in [2.75, 3.05) is 0 Å². The van der Waals surface area contributed by atoms with Crippen LogP contribution in [0.2, 0.25) is 0 Å². The van der Waals surface area contributed by atoms with Gasteiger partial charge in [-0.1, -0.05) is 102 Å². The monoisotopic (exact) mass is 395 g/mol. The van der Waals surface area contributed by atoms with E-state index in [1.165, 1.54) is 11.1 Å². The zero-order valence-corrected chi connectivity index (χ0v) is 18.8. The van der Waals surface area contributed by atoms with Crippen molar-refractivity contribution in [3.63, 3.8) is 0 Å². The molecule has 0 saturated heterocycles. The molecule has 2 aromatic carbocycles. The van der Waals surface area contributed by atoms with Crippen molar-refractivity contribution < 1.29 is 9.90 Å². The first-order chi connectivity index (χ1) is 13.6. The van der Waals surface area contributed by atoms with Crippen LogP contribution in [-0.4, -0.2) is 27.9 Å². The highest BCUT2D eigenvalue weighted by molar-refractivity contribution is 5.86. The van der Waals surface area contributed by atoms with Crippen LogP contribution in [0.15, 0.2) is 60.7 Å². The number of Topliss-reactive ketones (excluding diaryl/α,β-unsaturated/α-hetero) is 1. The van der Waals surface area contributed by atoms with Gasteiger partial charge in [-0.25, -0.2) is 0 Å². The summed E-state index contributed by atoms with van der Waals surface area (Å²) in [5.74, 6) is -0.157. The Kier molecular flexibility index (Phi) is 8.18. The molecule has 0 aliphatic carbocycles. The van der Waals surface area contributed by atoms with E-state index in [-0.39, 0.29) is 23.2 Å². The second-order valence-corrected chi connectivity index (χ2v) is 9.57. The predicted octanol–water partition coefficient (Wildman–Crippen LogP) is 5.33. The van der Waals surface area contributed by atoms with Crippen LogP contribution in [0.4, 0.5) is 0 Å². The third-order valence-corrected chi connectivity index (χ3v) is 5.58. The highest BCUT2D eigenvalue weighted by atomic mass is 16.3. The number of benzene rings is 2. The van der Waals surface area contributed by atoms with Gasteiger partial charge in [0.15, 0.2) is 5.78 Å². The van der Waals surface area contributed by atoms with Gasteiger partial charge in [-0.05, 0) is 22.5 Å². The number of carbonyl (C=O) groups excluding carboxylic acids is 1. The normalized spacial score (nSPS) is 15.3. The van der Waals surface area contributed by atoms with Crippen LogP contribution in [-0.2, 0) is 17.9 Å². The van der Waals surface area contributed by atoms with Crippen LogP contribution < -0.4 is 0 Å². The van der Waals surface area contributed by atoms with Gasteiger partial charge in [-0.2, -0.15) is 0 Å². The molecule has 158 valence electrons. The van der Waals surface area contributed by atoms with E-state index in [1.807, 2.05) is 64.1 Å². The molecular formula is C26H37NO2. The number of carbonyl (C=O) groups is 1. The fourth-order valence-corrected chi connectivity index (χ4v) is 3.99. The molecule has 0 spiro atoms. The molecule has 3 nitrogen and oxygen atoms in total. The van der Waals surface area contributed by atoms with Crippen LogP contribution in [0.3, 0.4) is 0 Å². The molecule has 0 heterocycles. The molecule has 2 rings (SSSR count). The summed E-state index contributed by atoms with van der Waals surface area (Å²) in [6.45, 7) is 13.4. The minimum Gasteiger partial charge on any atom is -0.392 e.